The third-order valence-corrected chi connectivity index (χ3v) is 4.48. The van der Waals surface area contributed by atoms with Gasteiger partial charge in [-0.05, 0) is 57.3 Å². The van der Waals surface area contributed by atoms with Gasteiger partial charge in [0.2, 0.25) is 5.91 Å². The van der Waals surface area contributed by atoms with Gasteiger partial charge >= 0.3 is 5.97 Å². The van der Waals surface area contributed by atoms with E-state index in [2.05, 4.69) is 73.0 Å². The minimum Gasteiger partial charge on any atom is -0.480 e. The maximum absolute atomic E-state index is 11.9. The first-order valence-electron chi connectivity index (χ1n) is 11.9. The Balaban J connectivity index is 3.79. The Morgan fingerprint density at radius 2 is 1.12 bits per heavy atom. The summed E-state index contributed by atoms with van der Waals surface area (Å²) in [6.07, 6.45) is 32.9. The molecule has 0 aliphatic rings. The number of carbonyl (C=O) groups is 2. The Hall–Kier alpha value is -2.62. The molecule has 0 aromatic carbocycles. The topological polar surface area (TPSA) is 66.4 Å². The van der Waals surface area contributed by atoms with Gasteiger partial charge in [0.1, 0.15) is 6.04 Å². The average molecular weight is 442 g/mol. The van der Waals surface area contributed by atoms with Crippen LogP contribution in [0.15, 0.2) is 72.9 Å². The number of carboxylic acids is 1. The molecule has 0 fully saturated rings. The summed E-state index contributed by atoms with van der Waals surface area (Å²) in [4.78, 5) is 23.1. The fourth-order valence-electron chi connectivity index (χ4n) is 2.81. The number of carboxylic acid groups (broad SMARTS) is 1. The van der Waals surface area contributed by atoms with Gasteiger partial charge in [0.15, 0.2) is 0 Å². The third kappa shape index (κ3) is 20.6. The quantitative estimate of drug-likeness (QED) is 0.223. The standard InChI is InChI=1S/C28H43NO3/c1-4-5-6-7-8-9-10-11-12-13-14-15-16-17-18-19-20-21-22-23-27(30)29-26(28(31)32)24-25(2)3/h5-6,8-9,11-12,14-15,17-18,20-21,25-26H,4,7,10,13,16,19,22-24H2,1-3H3,(H,29,30)(H,31,32)/t26-/m0/s1. The molecule has 0 bridgehead atoms. The van der Waals surface area contributed by atoms with Crippen LogP contribution in [0.1, 0.15) is 78.6 Å². The molecule has 0 aromatic rings. The van der Waals surface area contributed by atoms with Gasteiger partial charge in [0.05, 0.1) is 0 Å². The van der Waals surface area contributed by atoms with E-state index in [1.165, 1.54) is 0 Å². The minimum absolute atomic E-state index is 0.211. The van der Waals surface area contributed by atoms with Gasteiger partial charge in [-0.3, -0.25) is 4.79 Å². The summed E-state index contributed by atoms with van der Waals surface area (Å²) in [6, 6.07) is -0.798. The van der Waals surface area contributed by atoms with Crippen molar-refractivity contribution in [3.8, 4) is 0 Å². The van der Waals surface area contributed by atoms with E-state index < -0.39 is 12.0 Å². The number of amides is 1. The molecular weight excluding hydrogens is 398 g/mol. The first-order chi connectivity index (χ1) is 15.5. The molecule has 0 heterocycles. The van der Waals surface area contributed by atoms with E-state index in [4.69, 9.17) is 5.11 Å². The van der Waals surface area contributed by atoms with Crippen LogP contribution >= 0.6 is 0 Å². The largest absolute Gasteiger partial charge is 0.480 e. The molecule has 1 atom stereocenters. The van der Waals surface area contributed by atoms with Crippen LogP contribution in [0.2, 0.25) is 0 Å². The minimum atomic E-state index is -0.971. The van der Waals surface area contributed by atoms with Crippen molar-refractivity contribution in [2.45, 2.75) is 84.6 Å². The number of rotatable bonds is 18. The lowest BCUT2D eigenvalue weighted by Gasteiger charge is -2.16. The Bertz CT molecular complexity index is 666. The first kappa shape index (κ1) is 29.4. The molecular formula is C28H43NO3. The number of aliphatic carboxylic acids is 1. The molecule has 0 spiro atoms. The third-order valence-electron chi connectivity index (χ3n) is 4.48. The van der Waals surface area contributed by atoms with Crippen LogP contribution in [0, 0.1) is 5.92 Å². The second-order valence-corrected chi connectivity index (χ2v) is 8.04. The van der Waals surface area contributed by atoms with Crippen LogP contribution in [-0.4, -0.2) is 23.0 Å². The van der Waals surface area contributed by atoms with E-state index in [1.807, 2.05) is 26.0 Å². The van der Waals surface area contributed by atoms with E-state index >= 15 is 0 Å². The van der Waals surface area contributed by atoms with Crippen molar-refractivity contribution in [1.82, 2.24) is 5.32 Å². The zero-order valence-electron chi connectivity index (χ0n) is 20.2. The van der Waals surface area contributed by atoms with Crippen LogP contribution < -0.4 is 5.32 Å². The van der Waals surface area contributed by atoms with Gasteiger partial charge < -0.3 is 10.4 Å². The number of nitrogens with one attached hydrogen (secondary N) is 1. The Morgan fingerprint density at radius 1 is 0.719 bits per heavy atom. The van der Waals surface area contributed by atoms with Gasteiger partial charge in [0, 0.05) is 6.42 Å². The molecule has 4 heteroatoms. The lowest BCUT2D eigenvalue weighted by Crippen LogP contribution is -2.41. The van der Waals surface area contributed by atoms with E-state index in [9.17, 15) is 9.59 Å². The van der Waals surface area contributed by atoms with Crippen LogP contribution in [0.3, 0.4) is 0 Å². The zero-order chi connectivity index (χ0) is 23.9. The van der Waals surface area contributed by atoms with E-state index in [-0.39, 0.29) is 11.8 Å². The monoisotopic (exact) mass is 441 g/mol. The summed E-state index contributed by atoms with van der Waals surface area (Å²) in [5.74, 6) is -0.960. The fraction of sp³-hybridized carbons (Fsp3) is 0.500. The molecule has 0 saturated carbocycles. The van der Waals surface area contributed by atoms with Crippen LogP contribution in [-0.2, 0) is 9.59 Å². The molecule has 2 N–H and O–H groups in total. The number of hydrogen-bond donors (Lipinski definition) is 2. The Labute approximate surface area is 195 Å². The molecule has 0 aliphatic heterocycles. The number of allylic oxidation sites excluding steroid dienone is 12. The van der Waals surface area contributed by atoms with Crippen molar-refractivity contribution in [2.75, 3.05) is 0 Å². The van der Waals surface area contributed by atoms with Crippen molar-refractivity contribution in [3.05, 3.63) is 72.9 Å². The summed E-state index contributed by atoms with van der Waals surface area (Å²) < 4.78 is 0. The second kappa shape index (κ2) is 21.6. The summed E-state index contributed by atoms with van der Waals surface area (Å²) in [5, 5.41) is 11.8. The van der Waals surface area contributed by atoms with Crippen molar-refractivity contribution < 1.29 is 14.7 Å². The van der Waals surface area contributed by atoms with E-state index in [1.54, 1.807) is 0 Å². The van der Waals surface area contributed by atoms with Gasteiger partial charge in [-0.1, -0.05) is 93.7 Å². The second-order valence-electron chi connectivity index (χ2n) is 8.04. The van der Waals surface area contributed by atoms with Gasteiger partial charge in [-0.25, -0.2) is 4.79 Å². The maximum atomic E-state index is 11.9. The molecule has 1 amide bonds. The SMILES string of the molecule is CCC=CCC=CCC=CCC=CCC=CCC=CCCC(=O)N[C@@H](CC(C)C)C(=O)O. The average Bonchev–Trinajstić information content (AvgIpc) is 2.74. The molecule has 4 nitrogen and oxygen atoms in total. The van der Waals surface area contributed by atoms with Crippen molar-refractivity contribution in [1.29, 1.82) is 0 Å². The lowest BCUT2D eigenvalue weighted by atomic mass is 10.0. The van der Waals surface area contributed by atoms with E-state index in [0.717, 1.165) is 38.5 Å². The van der Waals surface area contributed by atoms with Crippen LogP contribution in [0.25, 0.3) is 0 Å². The number of hydrogen-bond acceptors (Lipinski definition) is 2. The van der Waals surface area contributed by atoms with Crippen molar-refractivity contribution >= 4 is 11.9 Å². The molecule has 0 aromatic heterocycles. The molecule has 0 aliphatic carbocycles. The summed E-state index contributed by atoms with van der Waals surface area (Å²) in [5.41, 5.74) is 0. The molecule has 0 rings (SSSR count). The Morgan fingerprint density at radius 3 is 1.50 bits per heavy atom. The zero-order valence-corrected chi connectivity index (χ0v) is 20.2. The summed E-state index contributed by atoms with van der Waals surface area (Å²) in [6.45, 7) is 6.03. The predicted molar refractivity (Wildman–Crippen MR) is 136 cm³/mol. The lowest BCUT2D eigenvalue weighted by molar-refractivity contribution is -0.142. The van der Waals surface area contributed by atoms with Crippen LogP contribution in [0.4, 0.5) is 0 Å². The van der Waals surface area contributed by atoms with Gasteiger partial charge in [-0.15, -0.1) is 0 Å². The highest BCUT2D eigenvalue weighted by atomic mass is 16.4. The van der Waals surface area contributed by atoms with Crippen molar-refractivity contribution in [3.63, 3.8) is 0 Å². The van der Waals surface area contributed by atoms with Gasteiger partial charge in [0.25, 0.3) is 0 Å². The first-order valence-corrected chi connectivity index (χ1v) is 11.9. The molecule has 0 unspecified atom stereocenters. The van der Waals surface area contributed by atoms with Crippen molar-refractivity contribution in [2.24, 2.45) is 5.92 Å². The summed E-state index contributed by atoms with van der Waals surface area (Å²) in [7, 11) is 0. The molecule has 0 radical (unpaired) electrons. The fourth-order valence-corrected chi connectivity index (χ4v) is 2.81. The molecule has 32 heavy (non-hydrogen) atoms. The highest BCUT2D eigenvalue weighted by Crippen LogP contribution is 2.06. The normalized spacial score (nSPS) is 13.8. The van der Waals surface area contributed by atoms with Gasteiger partial charge in [-0.2, -0.15) is 0 Å². The highest BCUT2D eigenvalue weighted by Gasteiger charge is 2.20. The predicted octanol–water partition coefficient (Wildman–Crippen LogP) is 7.08. The molecule has 178 valence electrons. The van der Waals surface area contributed by atoms with E-state index in [0.29, 0.717) is 19.3 Å². The molecule has 0 saturated heterocycles. The highest BCUT2D eigenvalue weighted by molar-refractivity contribution is 5.83. The maximum Gasteiger partial charge on any atom is 0.326 e. The summed E-state index contributed by atoms with van der Waals surface area (Å²) >= 11 is 0. The Kier molecular flexibility index (Phi) is 19.8. The van der Waals surface area contributed by atoms with Crippen LogP contribution in [0.5, 0.6) is 0 Å². The number of carbonyl (C=O) groups excluding carboxylic acids is 1. The smallest absolute Gasteiger partial charge is 0.326 e.